The summed E-state index contributed by atoms with van der Waals surface area (Å²) in [5, 5.41) is 4.36. The molecule has 15 heavy (non-hydrogen) atoms. The van der Waals surface area contributed by atoms with Crippen LogP contribution in [0.1, 0.15) is 6.92 Å². The maximum Gasteiger partial charge on any atom is 0.173 e. The molecule has 0 aromatic heterocycles. The van der Waals surface area contributed by atoms with E-state index < -0.39 is 9.84 Å². The Kier molecular flexibility index (Phi) is 4.27. The molecule has 1 aliphatic heterocycles. The number of hydrogen-bond acceptors (Lipinski definition) is 5. The first-order valence-electron chi connectivity index (χ1n) is 4.71. The molecule has 0 radical (unpaired) electrons. The molecule has 0 aliphatic carbocycles. The Labute approximate surface area is 90.4 Å². The maximum absolute atomic E-state index is 11.1. The summed E-state index contributed by atoms with van der Waals surface area (Å²) in [6.45, 7) is 1.89. The normalized spacial score (nSPS) is 26.0. The van der Waals surface area contributed by atoms with Gasteiger partial charge in [0.2, 0.25) is 0 Å². The number of rotatable bonds is 5. The monoisotopic (exact) mass is 235 g/mol. The molecule has 1 N–H and O–H groups in total. The molecule has 0 saturated carbocycles. The molecule has 0 fully saturated rings. The maximum atomic E-state index is 11.1. The second-order valence-electron chi connectivity index (χ2n) is 3.56. The zero-order valence-corrected chi connectivity index (χ0v) is 9.95. The van der Waals surface area contributed by atoms with E-state index in [0.717, 1.165) is 0 Å². The van der Waals surface area contributed by atoms with E-state index in [-0.39, 0.29) is 24.1 Å². The minimum Gasteiger partial charge on any atom is -0.354 e. The molecule has 1 rings (SSSR count). The first-order valence-corrected chi connectivity index (χ1v) is 6.42. The van der Waals surface area contributed by atoms with Gasteiger partial charge in [0.05, 0.1) is 11.8 Å². The van der Waals surface area contributed by atoms with E-state index in [9.17, 15) is 8.42 Å². The van der Waals surface area contributed by atoms with Gasteiger partial charge in [-0.1, -0.05) is 6.08 Å². The quantitative estimate of drug-likeness (QED) is 0.674. The van der Waals surface area contributed by atoms with Crippen LogP contribution in [0.25, 0.3) is 0 Å². The topological polar surface area (TPSA) is 64.6 Å². The minimum atomic E-state index is -3.00. The lowest BCUT2D eigenvalue weighted by atomic mass is 10.2. The lowest BCUT2D eigenvalue weighted by molar-refractivity contribution is -0.120. The summed E-state index contributed by atoms with van der Waals surface area (Å²) in [4.78, 5) is 0. The molecule has 0 aromatic rings. The summed E-state index contributed by atoms with van der Waals surface area (Å²) in [6, 6.07) is -0.222. The number of hydrogen-bond donors (Lipinski definition) is 1. The molecule has 0 spiro atoms. The highest BCUT2D eigenvalue weighted by Gasteiger charge is 2.25. The van der Waals surface area contributed by atoms with Crippen LogP contribution in [0.2, 0.25) is 0 Å². The Morgan fingerprint density at radius 3 is 2.40 bits per heavy atom. The second-order valence-corrected chi connectivity index (χ2v) is 5.49. The van der Waals surface area contributed by atoms with Crippen LogP contribution >= 0.6 is 0 Å². The van der Waals surface area contributed by atoms with E-state index in [4.69, 9.17) is 9.47 Å². The van der Waals surface area contributed by atoms with E-state index in [2.05, 4.69) is 5.32 Å². The average molecular weight is 235 g/mol. The molecule has 1 heterocycles. The largest absolute Gasteiger partial charge is 0.354 e. The Morgan fingerprint density at radius 1 is 1.40 bits per heavy atom. The van der Waals surface area contributed by atoms with Crippen LogP contribution in [0.5, 0.6) is 0 Å². The van der Waals surface area contributed by atoms with Gasteiger partial charge in [0, 0.05) is 25.7 Å². The van der Waals surface area contributed by atoms with Crippen LogP contribution in [0, 0.1) is 0 Å². The molecule has 0 bridgehead atoms. The van der Waals surface area contributed by atoms with Crippen LogP contribution in [-0.4, -0.2) is 46.8 Å². The molecule has 0 saturated heterocycles. The van der Waals surface area contributed by atoms with Crippen LogP contribution in [0.3, 0.4) is 0 Å². The van der Waals surface area contributed by atoms with Crippen molar-refractivity contribution < 1.29 is 17.9 Å². The van der Waals surface area contributed by atoms with E-state index in [0.29, 0.717) is 0 Å². The Bertz CT molecular complexity index is 321. The van der Waals surface area contributed by atoms with Crippen LogP contribution in [-0.2, 0) is 19.3 Å². The van der Waals surface area contributed by atoms with E-state index in [1.54, 1.807) is 20.3 Å². The van der Waals surface area contributed by atoms with Crippen molar-refractivity contribution in [3.05, 3.63) is 11.5 Å². The summed E-state index contributed by atoms with van der Waals surface area (Å²) < 4.78 is 32.4. The van der Waals surface area contributed by atoms with Crippen LogP contribution in [0.4, 0.5) is 0 Å². The smallest absolute Gasteiger partial charge is 0.173 e. The van der Waals surface area contributed by atoms with Crippen LogP contribution < -0.4 is 5.32 Å². The summed E-state index contributed by atoms with van der Waals surface area (Å²) >= 11 is 0. The van der Waals surface area contributed by atoms with Crippen molar-refractivity contribution in [3.8, 4) is 0 Å². The van der Waals surface area contributed by atoms with Gasteiger partial charge in [-0.3, -0.25) is 0 Å². The van der Waals surface area contributed by atoms with Gasteiger partial charge < -0.3 is 14.8 Å². The molecule has 2 atom stereocenters. The van der Waals surface area contributed by atoms with Crippen molar-refractivity contribution in [3.63, 3.8) is 0 Å². The highest BCUT2D eigenvalue weighted by molar-refractivity contribution is 7.94. The summed E-state index contributed by atoms with van der Waals surface area (Å²) in [6.07, 6.45) is 1.27. The van der Waals surface area contributed by atoms with E-state index >= 15 is 0 Å². The lowest BCUT2D eigenvalue weighted by Crippen LogP contribution is -2.45. The van der Waals surface area contributed by atoms with Crippen molar-refractivity contribution in [2.45, 2.75) is 25.3 Å². The van der Waals surface area contributed by atoms with Crippen molar-refractivity contribution in [2.24, 2.45) is 0 Å². The van der Waals surface area contributed by atoms with Gasteiger partial charge in [-0.15, -0.1) is 0 Å². The molecule has 2 unspecified atom stereocenters. The number of sulfone groups is 1. The van der Waals surface area contributed by atoms with Gasteiger partial charge in [0.15, 0.2) is 16.1 Å². The fraction of sp³-hybridized carbons (Fsp3) is 0.778. The third kappa shape index (κ3) is 3.57. The predicted molar refractivity (Wildman–Crippen MR) is 57.1 cm³/mol. The van der Waals surface area contributed by atoms with Gasteiger partial charge in [-0.25, -0.2) is 8.42 Å². The van der Waals surface area contributed by atoms with Crippen molar-refractivity contribution in [1.29, 1.82) is 0 Å². The molecular weight excluding hydrogens is 218 g/mol. The van der Waals surface area contributed by atoms with Gasteiger partial charge in [0.1, 0.15) is 0 Å². The van der Waals surface area contributed by atoms with Gasteiger partial charge in [-0.2, -0.15) is 0 Å². The molecular formula is C9H17NO4S. The van der Waals surface area contributed by atoms with Gasteiger partial charge in [-0.05, 0) is 6.92 Å². The van der Waals surface area contributed by atoms with E-state index in [1.165, 1.54) is 5.41 Å². The van der Waals surface area contributed by atoms with Crippen molar-refractivity contribution >= 4 is 9.84 Å². The minimum absolute atomic E-state index is 0.0667. The van der Waals surface area contributed by atoms with Gasteiger partial charge in [0.25, 0.3) is 0 Å². The first-order chi connectivity index (χ1) is 6.98. The highest BCUT2D eigenvalue weighted by Crippen LogP contribution is 2.10. The number of ether oxygens (including phenoxy) is 2. The molecule has 5 nitrogen and oxygen atoms in total. The number of nitrogens with one attached hydrogen (secondary N) is 1. The summed E-state index contributed by atoms with van der Waals surface area (Å²) in [5.41, 5.74) is 0. The molecule has 1 aliphatic rings. The zero-order chi connectivity index (χ0) is 11.5. The lowest BCUT2D eigenvalue weighted by Gasteiger charge is -2.24. The Balaban J connectivity index is 2.47. The number of methoxy groups -OCH3 is 2. The first kappa shape index (κ1) is 12.6. The zero-order valence-electron chi connectivity index (χ0n) is 9.14. The standard InChI is InChI=1S/C9H17NO4S/c1-7(9(13-2)14-3)10-8-4-5-15(11,12)6-8/h4-5,7-10H,6H2,1-3H3. The SMILES string of the molecule is COC(OC)C(C)NC1C=CS(=O)(=O)C1. The summed E-state index contributed by atoms with van der Waals surface area (Å²) in [7, 11) is 0.0934. The predicted octanol–water partition coefficient (Wildman–Crippen LogP) is -0.106. The van der Waals surface area contributed by atoms with Crippen molar-refractivity contribution in [2.75, 3.05) is 20.0 Å². The Morgan fingerprint density at radius 2 is 2.00 bits per heavy atom. The Hall–Kier alpha value is -0.430. The van der Waals surface area contributed by atoms with Crippen LogP contribution in [0.15, 0.2) is 11.5 Å². The molecule has 88 valence electrons. The third-order valence-corrected chi connectivity index (χ3v) is 3.68. The molecule has 0 aromatic carbocycles. The molecule has 6 heteroatoms. The highest BCUT2D eigenvalue weighted by atomic mass is 32.2. The van der Waals surface area contributed by atoms with Crippen molar-refractivity contribution in [1.82, 2.24) is 5.32 Å². The third-order valence-electron chi connectivity index (χ3n) is 2.28. The van der Waals surface area contributed by atoms with Gasteiger partial charge >= 0.3 is 0 Å². The summed E-state index contributed by atoms with van der Waals surface area (Å²) in [5.74, 6) is 0.109. The fourth-order valence-electron chi connectivity index (χ4n) is 1.60. The fourth-order valence-corrected chi connectivity index (χ4v) is 2.85. The second kappa shape index (κ2) is 5.07. The average Bonchev–Trinajstić information content (AvgIpc) is 2.47. The molecule has 0 amide bonds. The van der Waals surface area contributed by atoms with E-state index in [1.807, 2.05) is 6.92 Å².